The largest absolute Gasteiger partial charge is 0.296 e. The molecule has 0 aliphatic carbocycles. The van der Waals surface area contributed by atoms with Crippen LogP contribution in [0.1, 0.15) is 26.7 Å². The molecule has 0 aliphatic heterocycles. The Morgan fingerprint density at radius 1 is 0.643 bits per heavy atom. The minimum Gasteiger partial charge on any atom is -0.266 e. The fraction of sp³-hybridized carbons (Fsp3) is 0.400. The molecule has 0 saturated carbocycles. The van der Waals surface area contributed by atoms with Crippen molar-refractivity contribution in [3.63, 3.8) is 0 Å². The molecule has 0 spiro atoms. The first-order valence-corrected chi connectivity index (χ1v) is 12.0. The lowest BCUT2D eigenvalue weighted by Crippen LogP contribution is -2.26. The molecule has 2 unspecified atom stereocenters. The van der Waals surface area contributed by atoms with E-state index in [-0.39, 0.29) is 34.8 Å². The summed E-state index contributed by atoms with van der Waals surface area (Å²) in [5.41, 5.74) is 0. The highest BCUT2D eigenvalue weighted by Crippen LogP contribution is 2.24. The van der Waals surface area contributed by atoms with E-state index in [1.54, 1.807) is 36.4 Å². The lowest BCUT2D eigenvalue weighted by molar-refractivity contribution is 0.140. The summed E-state index contributed by atoms with van der Waals surface area (Å²) in [6, 6.07) is 15.9. The van der Waals surface area contributed by atoms with Crippen molar-refractivity contribution in [3.8, 4) is 0 Å². The highest BCUT2D eigenvalue weighted by Gasteiger charge is 2.25. The van der Waals surface area contributed by atoms with Crippen molar-refractivity contribution in [2.75, 3.05) is 13.2 Å². The van der Waals surface area contributed by atoms with Crippen LogP contribution in [0, 0.1) is 11.8 Å². The average Bonchev–Trinajstić information content (AvgIpc) is 2.71. The molecular weight excluding hydrogens is 400 g/mol. The Morgan fingerprint density at radius 2 is 0.964 bits per heavy atom. The molecule has 2 atom stereocenters. The second-order valence-corrected chi connectivity index (χ2v) is 9.67. The summed E-state index contributed by atoms with van der Waals surface area (Å²) in [5.74, 6) is -0.316. The third-order valence-corrected chi connectivity index (χ3v) is 7.25. The minimum absolute atomic E-state index is 0.0268. The predicted octanol–water partition coefficient (Wildman–Crippen LogP) is 3.85. The molecule has 6 nitrogen and oxygen atoms in total. The fourth-order valence-corrected chi connectivity index (χ4v) is 4.80. The Labute approximate surface area is 167 Å². The van der Waals surface area contributed by atoms with Crippen LogP contribution in [0.5, 0.6) is 0 Å². The smallest absolute Gasteiger partial charge is 0.266 e. The molecule has 154 valence electrons. The number of benzene rings is 2. The van der Waals surface area contributed by atoms with Crippen LogP contribution in [0.25, 0.3) is 0 Å². The average molecular weight is 427 g/mol. The Kier molecular flexibility index (Phi) is 8.18. The summed E-state index contributed by atoms with van der Waals surface area (Å²) < 4.78 is 59.7. The van der Waals surface area contributed by atoms with Crippen molar-refractivity contribution in [2.45, 2.75) is 36.5 Å². The van der Waals surface area contributed by atoms with Crippen LogP contribution in [0.3, 0.4) is 0 Å². The van der Waals surface area contributed by atoms with E-state index in [1.807, 2.05) is 13.8 Å². The molecule has 0 bridgehead atoms. The summed E-state index contributed by atoms with van der Waals surface area (Å²) in [6.07, 6.45) is 1.27. The Hall–Kier alpha value is -1.74. The molecule has 0 aliphatic rings. The lowest BCUT2D eigenvalue weighted by atomic mass is 9.89. The standard InChI is InChI=1S/C20H26O6S2/c1-3-17(15-25-27(21,22)19-11-7-5-8-12-19)18(4-2)16-26-28(23,24)20-13-9-6-10-14-20/h5-14,17-18H,3-4,15-16H2,1-2H3. The summed E-state index contributed by atoms with van der Waals surface area (Å²) in [5, 5.41) is 0. The van der Waals surface area contributed by atoms with Crippen LogP contribution >= 0.6 is 0 Å². The zero-order valence-electron chi connectivity index (χ0n) is 16.0. The van der Waals surface area contributed by atoms with Crippen LogP contribution < -0.4 is 0 Å². The van der Waals surface area contributed by atoms with E-state index in [1.165, 1.54) is 24.3 Å². The summed E-state index contributed by atoms with van der Waals surface area (Å²) in [4.78, 5) is 0.196. The van der Waals surface area contributed by atoms with E-state index in [0.717, 1.165) is 0 Å². The second kappa shape index (κ2) is 10.2. The lowest BCUT2D eigenvalue weighted by Gasteiger charge is -2.24. The molecule has 0 heterocycles. The van der Waals surface area contributed by atoms with Crippen molar-refractivity contribution >= 4 is 20.2 Å². The van der Waals surface area contributed by atoms with Crippen LogP contribution in [0.15, 0.2) is 70.5 Å². The first kappa shape index (κ1) is 22.5. The molecule has 2 aromatic carbocycles. The van der Waals surface area contributed by atoms with Crippen molar-refractivity contribution in [3.05, 3.63) is 60.7 Å². The minimum atomic E-state index is -3.85. The van der Waals surface area contributed by atoms with Gasteiger partial charge in [-0.1, -0.05) is 63.1 Å². The zero-order valence-corrected chi connectivity index (χ0v) is 17.7. The maximum atomic E-state index is 12.3. The van der Waals surface area contributed by atoms with Gasteiger partial charge in [0.1, 0.15) is 0 Å². The van der Waals surface area contributed by atoms with Gasteiger partial charge in [0.2, 0.25) is 0 Å². The Morgan fingerprint density at radius 3 is 1.25 bits per heavy atom. The first-order chi connectivity index (χ1) is 13.3. The zero-order chi connectivity index (χ0) is 20.6. The number of hydrogen-bond donors (Lipinski definition) is 0. The molecule has 0 N–H and O–H groups in total. The highest BCUT2D eigenvalue weighted by molar-refractivity contribution is 7.87. The molecule has 2 rings (SSSR count). The monoisotopic (exact) mass is 426 g/mol. The fourth-order valence-electron chi connectivity index (χ4n) is 2.84. The van der Waals surface area contributed by atoms with E-state index in [2.05, 4.69) is 0 Å². The van der Waals surface area contributed by atoms with Gasteiger partial charge in [-0.3, -0.25) is 8.37 Å². The van der Waals surface area contributed by atoms with Gasteiger partial charge in [-0.2, -0.15) is 16.8 Å². The van der Waals surface area contributed by atoms with E-state index in [0.29, 0.717) is 12.8 Å². The first-order valence-electron chi connectivity index (χ1n) is 9.19. The van der Waals surface area contributed by atoms with Gasteiger partial charge in [0.15, 0.2) is 0 Å². The topological polar surface area (TPSA) is 86.7 Å². The van der Waals surface area contributed by atoms with Crippen molar-refractivity contribution in [1.29, 1.82) is 0 Å². The van der Waals surface area contributed by atoms with Gasteiger partial charge in [-0.05, 0) is 36.1 Å². The predicted molar refractivity (Wildman–Crippen MR) is 107 cm³/mol. The van der Waals surface area contributed by atoms with E-state index >= 15 is 0 Å². The van der Waals surface area contributed by atoms with Crippen LogP contribution in [0.4, 0.5) is 0 Å². The normalized spacial score (nSPS) is 14.5. The number of rotatable bonds is 11. The van der Waals surface area contributed by atoms with Gasteiger partial charge in [0.25, 0.3) is 20.2 Å². The van der Waals surface area contributed by atoms with Gasteiger partial charge >= 0.3 is 0 Å². The maximum absolute atomic E-state index is 12.3. The van der Waals surface area contributed by atoms with E-state index in [4.69, 9.17) is 8.37 Å². The number of hydrogen-bond acceptors (Lipinski definition) is 6. The molecular formula is C20H26O6S2. The van der Waals surface area contributed by atoms with Crippen molar-refractivity contribution in [2.24, 2.45) is 11.8 Å². The quantitative estimate of drug-likeness (QED) is 0.507. The summed E-state index contributed by atoms with van der Waals surface area (Å²) in [6.45, 7) is 3.77. The second-order valence-electron chi connectivity index (χ2n) is 6.44. The van der Waals surface area contributed by atoms with Gasteiger partial charge in [0.05, 0.1) is 23.0 Å². The summed E-state index contributed by atoms with van der Waals surface area (Å²) >= 11 is 0. The SMILES string of the molecule is CCC(COS(=O)(=O)c1ccccc1)C(CC)COS(=O)(=O)c1ccccc1. The van der Waals surface area contributed by atoms with Crippen LogP contribution in [0.2, 0.25) is 0 Å². The van der Waals surface area contributed by atoms with Crippen molar-refractivity contribution in [1.82, 2.24) is 0 Å². The third kappa shape index (κ3) is 6.13. The highest BCUT2D eigenvalue weighted by atomic mass is 32.2. The van der Waals surface area contributed by atoms with Crippen molar-refractivity contribution < 1.29 is 25.2 Å². The van der Waals surface area contributed by atoms with E-state index in [9.17, 15) is 16.8 Å². The maximum Gasteiger partial charge on any atom is 0.296 e. The Bertz CT molecular complexity index is 846. The van der Waals surface area contributed by atoms with Gasteiger partial charge in [-0.15, -0.1) is 0 Å². The molecule has 0 saturated heterocycles. The molecule has 2 aromatic rings. The summed E-state index contributed by atoms with van der Waals surface area (Å²) in [7, 11) is -7.71. The Balaban J connectivity index is 2.01. The third-order valence-electron chi connectivity index (χ3n) is 4.65. The molecule has 0 radical (unpaired) electrons. The molecule has 0 amide bonds. The van der Waals surface area contributed by atoms with Gasteiger partial charge < -0.3 is 0 Å². The molecule has 8 heteroatoms. The molecule has 0 fully saturated rings. The molecule has 28 heavy (non-hydrogen) atoms. The molecule has 0 aromatic heterocycles. The van der Waals surface area contributed by atoms with Gasteiger partial charge in [-0.25, -0.2) is 0 Å². The van der Waals surface area contributed by atoms with Gasteiger partial charge in [0, 0.05) is 0 Å². The van der Waals surface area contributed by atoms with E-state index < -0.39 is 20.2 Å². The van der Waals surface area contributed by atoms with Crippen LogP contribution in [-0.4, -0.2) is 30.0 Å². The van der Waals surface area contributed by atoms with Crippen LogP contribution in [-0.2, 0) is 28.6 Å².